The monoisotopic (exact) mass is 357 g/mol. The van der Waals surface area contributed by atoms with E-state index in [4.69, 9.17) is 5.11 Å². The van der Waals surface area contributed by atoms with E-state index in [1.807, 2.05) is 31.2 Å². The van der Waals surface area contributed by atoms with E-state index in [0.717, 1.165) is 25.8 Å². The average molecular weight is 358 g/mol. The van der Waals surface area contributed by atoms with Gasteiger partial charge in [0.25, 0.3) is 0 Å². The second-order valence-corrected chi connectivity index (χ2v) is 7.06. The zero-order chi connectivity index (χ0) is 13.8. The molecule has 0 atom stereocenters. The van der Waals surface area contributed by atoms with Crippen LogP contribution in [0.15, 0.2) is 33.6 Å². The van der Waals surface area contributed by atoms with Crippen LogP contribution >= 0.6 is 39.0 Å². The van der Waals surface area contributed by atoms with Gasteiger partial charge in [-0.05, 0) is 31.2 Å². The van der Waals surface area contributed by atoms with Crippen molar-refractivity contribution in [2.24, 2.45) is 0 Å². The number of nitrogens with zero attached hydrogens (tertiary/aromatic N) is 1. The van der Waals surface area contributed by atoms with Crippen molar-refractivity contribution < 1.29 is 9.90 Å². The van der Waals surface area contributed by atoms with Crippen LogP contribution in [0.5, 0.6) is 0 Å². The molecule has 2 aromatic rings. The van der Waals surface area contributed by atoms with Gasteiger partial charge < -0.3 is 5.11 Å². The van der Waals surface area contributed by atoms with Gasteiger partial charge in [-0.15, -0.1) is 23.1 Å². The Morgan fingerprint density at radius 2 is 2.11 bits per heavy atom. The molecule has 1 aromatic carbocycles. The van der Waals surface area contributed by atoms with Gasteiger partial charge in [0.15, 0.2) is 0 Å². The minimum atomic E-state index is -0.807. The molecule has 0 radical (unpaired) electrons. The summed E-state index contributed by atoms with van der Waals surface area (Å²) in [5, 5.41) is 9.78. The highest BCUT2D eigenvalue weighted by Crippen LogP contribution is 2.28. The molecule has 0 aliphatic carbocycles. The van der Waals surface area contributed by atoms with Crippen molar-refractivity contribution in [2.45, 2.75) is 24.0 Å². The summed E-state index contributed by atoms with van der Waals surface area (Å²) in [4.78, 5) is 17.2. The number of carboxylic acids is 1. The number of aromatic nitrogens is 1. The van der Waals surface area contributed by atoms with E-state index >= 15 is 0 Å². The number of carboxylic acid groups (broad SMARTS) is 1. The molecule has 6 heteroatoms. The lowest BCUT2D eigenvalue weighted by molar-refractivity contribution is -0.136. The Labute approximate surface area is 128 Å². The molecule has 1 heterocycles. The first kappa shape index (κ1) is 14.6. The van der Waals surface area contributed by atoms with Gasteiger partial charge in [0.05, 0.1) is 17.9 Å². The van der Waals surface area contributed by atoms with Crippen LogP contribution < -0.4 is 0 Å². The summed E-state index contributed by atoms with van der Waals surface area (Å²) in [5.41, 5.74) is 0.832. The van der Waals surface area contributed by atoms with Crippen LogP contribution in [-0.4, -0.2) is 16.1 Å². The Bertz CT molecular complexity index is 581. The van der Waals surface area contributed by atoms with Gasteiger partial charge in [0.2, 0.25) is 0 Å². The van der Waals surface area contributed by atoms with E-state index in [9.17, 15) is 4.79 Å². The number of aryl methyl sites for hydroxylation is 1. The minimum Gasteiger partial charge on any atom is -0.481 e. The van der Waals surface area contributed by atoms with E-state index in [-0.39, 0.29) is 6.42 Å². The van der Waals surface area contributed by atoms with Gasteiger partial charge in [-0.1, -0.05) is 15.9 Å². The first-order chi connectivity index (χ1) is 9.04. The Balaban J connectivity index is 1.99. The Morgan fingerprint density at radius 1 is 1.42 bits per heavy atom. The SMILES string of the molecule is Cc1nc(CSc2ccc(Br)cc2)sc1CC(=O)O. The summed E-state index contributed by atoms with van der Waals surface area (Å²) >= 11 is 6.59. The predicted octanol–water partition coefficient (Wildman–Crippen LogP) is 4.13. The lowest BCUT2D eigenvalue weighted by Crippen LogP contribution is -1.99. The maximum atomic E-state index is 10.7. The maximum Gasteiger partial charge on any atom is 0.308 e. The molecule has 1 N–H and O–H groups in total. The van der Waals surface area contributed by atoms with Crippen LogP contribution in [0.3, 0.4) is 0 Å². The Hall–Kier alpha value is -0.850. The summed E-state index contributed by atoms with van der Waals surface area (Å²) in [5.74, 6) is -0.0360. The number of aliphatic carboxylic acids is 1. The molecule has 19 heavy (non-hydrogen) atoms. The molecule has 0 saturated heterocycles. The number of rotatable bonds is 5. The standard InChI is InChI=1S/C13H12BrNO2S2/c1-8-11(6-13(16)17)19-12(15-8)7-18-10-4-2-9(14)3-5-10/h2-5H,6-7H2,1H3,(H,16,17). The highest BCUT2D eigenvalue weighted by atomic mass is 79.9. The summed E-state index contributed by atoms with van der Waals surface area (Å²) in [6, 6.07) is 8.11. The van der Waals surface area contributed by atoms with E-state index in [0.29, 0.717) is 0 Å². The van der Waals surface area contributed by atoms with Crippen molar-refractivity contribution in [3.8, 4) is 0 Å². The summed E-state index contributed by atoms with van der Waals surface area (Å²) in [6.45, 7) is 1.86. The number of thioether (sulfide) groups is 1. The molecule has 2 rings (SSSR count). The number of benzene rings is 1. The second-order valence-electron chi connectivity index (χ2n) is 3.93. The Kier molecular flexibility index (Phi) is 5.01. The van der Waals surface area contributed by atoms with E-state index in [1.54, 1.807) is 11.8 Å². The molecule has 0 spiro atoms. The first-order valence-electron chi connectivity index (χ1n) is 5.60. The van der Waals surface area contributed by atoms with E-state index < -0.39 is 5.97 Å². The smallest absolute Gasteiger partial charge is 0.308 e. The number of thiazole rings is 1. The van der Waals surface area contributed by atoms with Gasteiger partial charge in [-0.3, -0.25) is 4.79 Å². The number of hydrogen-bond acceptors (Lipinski definition) is 4. The molecule has 0 amide bonds. The van der Waals surface area contributed by atoms with Gasteiger partial charge in [-0.2, -0.15) is 0 Å². The van der Waals surface area contributed by atoms with Crippen molar-refractivity contribution >= 4 is 45.0 Å². The van der Waals surface area contributed by atoms with Crippen molar-refractivity contribution in [2.75, 3.05) is 0 Å². The van der Waals surface area contributed by atoms with Crippen LogP contribution in [0.1, 0.15) is 15.6 Å². The highest BCUT2D eigenvalue weighted by Gasteiger charge is 2.11. The second kappa shape index (κ2) is 6.54. The third-order valence-corrected chi connectivity index (χ3v) is 5.32. The molecule has 0 unspecified atom stereocenters. The summed E-state index contributed by atoms with van der Waals surface area (Å²) < 4.78 is 1.06. The van der Waals surface area contributed by atoms with E-state index in [2.05, 4.69) is 20.9 Å². The fraction of sp³-hybridized carbons (Fsp3) is 0.231. The van der Waals surface area contributed by atoms with Gasteiger partial charge in [0.1, 0.15) is 5.01 Å². The molecule has 0 aliphatic heterocycles. The van der Waals surface area contributed by atoms with Crippen molar-refractivity contribution in [1.29, 1.82) is 0 Å². The lowest BCUT2D eigenvalue weighted by atomic mass is 10.3. The van der Waals surface area contributed by atoms with Crippen molar-refractivity contribution in [3.63, 3.8) is 0 Å². The number of carbonyl (C=O) groups is 1. The van der Waals surface area contributed by atoms with Gasteiger partial charge >= 0.3 is 5.97 Å². The van der Waals surface area contributed by atoms with Crippen molar-refractivity contribution in [3.05, 3.63) is 44.3 Å². The third kappa shape index (κ3) is 4.33. The highest BCUT2D eigenvalue weighted by molar-refractivity contribution is 9.10. The Morgan fingerprint density at radius 3 is 2.74 bits per heavy atom. The molecule has 100 valence electrons. The molecular weight excluding hydrogens is 346 g/mol. The predicted molar refractivity (Wildman–Crippen MR) is 81.9 cm³/mol. The van der Waals surface area contributed by atoms with Crippen molar-refractivity contribution in [1.82, 2.24) is 4.98 Å². The zero-order valence-corrected chi connectivity index (χ0v) is 13.4. The lowest BCUT2D eigenvalue weighted by Gasteiger charge is -1.98. The number of hydrogen-bond donors (Lipinski definition) is 1. The minimum absolute atomic E-state index is 0.0620. The molecule has 3 nitrogen and oxygen atoms in total. The third-order valence-electron chi connectivity index (χ3n) is 2.42. The fourth-order valence-electron chi connectivity index (χ4n) is 1.53. The van der Waals surface area contributed by atoms with Crippen LogP contribution in [0.2, 0.25) is 0 Å². The first-order valence-corrected chi connectivity index (χ1v) is 8.19. The molecule has 0 bridgehead atoms. The maximum absolute atomic E-state index is 10.7. The van der Waals surface area contributed by atoms with Gasteiger partial charge in [0, 0.05) is 14.2 Å². The largest absolute Gasteiger partial charge is 0.481 e. The number of halogens is 1. The van der Waals surface area contributed by atoms with Crippen LogP contribution in [-0.2, 0) is 17.0 Å². The normalized spacial score (nSPS) is 10.6. The summed E-state index contributed by atoms with van der Waals surface area (Å²) in [7, 11) is 0. The average Bonchev–Trinajstić information content (AvgIpc) is 2.69. The summed E-state index contributed by atoms with van der Waals surface area (Å²) in [6.07, 6.45) is 0.0620. The zero-order valence-electron chi connectivity index (χ0n) is 10.2. The van der Waals surface area contributed by atoms with Crippen LogP contribution in [0, 0.1) is 6.92 Å². The molecule has 0 aliphatic rings. The topological polar surface area (TPSA) is 50.2 Å². The van der Waals surface area contributed by atoms with Crippen LogP contribution in [0.25, 0.3) is 0 Å². The fourth-order valence-corrected chi connectivity index (χ4v) is 3.74. The quantitative estimate of drug-likeness (QED) is 0.817. The molecular formula is C13H12BrNO2S2. The molecule has 1 aromatic heterocycles. The van der Waals surface area contributed by atoms with E-state index in [1.165, 1.54) is 16.2 Å². The van der Waals surface area contributed by atoms with Crippen LogP contribution in [0.4, 0.5) is 0 Å². The van der Waals surface area contributed by atoms with Gasteiger partial charge in [-0.25, -0.2) is 4.98 Å². The molecule has 0 saturated carbocycles. The molecule has 0 fully saturated rings.